The highest BCUT2D eigenvalue weighted by Gasteiger charge is 2.20. The fraction of sp³-hybridized carbons (Fsp3) is 0.300. The quantitative estimate of drug-likeness (QED) is 0.659. The Kier molecular flexibility index (Phi) is 4.75. The van der Waals surface area contributed by atoms with Gasteiger partial charge in [0.15, 0.2) is 0 Å². The first kappa shape index (κ1) is 14.5. The van der Waals surface area contributed by atoms with Crippen LogP contribution in [0.15, 0.2) is 23.1 Å². The number of hydrogen-bond acceptors (Lipinski definition) is 5. The van der Waals surface area contributed by atoms with Crippen LogP contribution in [0, 0.1) is 17.1 Å². The first-order valence-corrected chi connectivity index (χ1v) is 6.36. The van der Waals surface area contributed by atoms with Crippen LogP contribution in [0.2, 0.25) is 0 Å². The first-order chi connectivity index (χ1) is 8.44. The summed E-state index contributed by atoms with van der Waals surface area (Å²) in [5.74, 6) is -0.822. The number of sulfonamides is 1. The van der Waals surface area contributed by atoms with Crippen LogP contribution in [0.5, 0.6) is 0 Å². The molecule has 18 heavy (non-hydrogen) atoms. The number of benzene rings is 1. The fourth-order valence-electron chi connectivity index (χ4n) is 1.18. The van der Waals surface area contributed by atoms with Crippen LogP contribution in [0.3, 0.4) is 0 Å². The van der Waals surface area contributed by atoms with E-state index in [0.29, 0.717) is 0 Å². The summed E-state index contributed by atoms with van der Waals surface area (Å²) in [4.78, 5) is -0.313. The Morgan fingerprint density at radius 3 is 2.50 bits per heavy atom. The number of halogens is 1. The van der Waals surface area contributed by atoms with Crippen LogP contribution >= 0.6 is 0 Å². The maximum absolute atomic E-state index is 13.0. The minimum Gasteiger partial charge on any atom is -0.395 e. The lowest BCUT2D eigenvalue weighted by atomic mass is 10.2. The molecule has 0 saturated carbocycles. The second-order valence-corrected chi connectivity index (χ2v) is 5.15. The Morgan fingerprint density at radius 2 is 2.00 bits per heavy atom. The van der Waals surface area contributed by atoms with Gasteiger partial charge in [0.25, 0.3) is 0 Å². The van der Waals surface area contributed by atoms with Crippen molar-refractivity contribution in [1.82, 2.24) is 4.72 Å². The molecule has 98 valence electrons. The van der Waals surface area contributed by atoms with Gasteiger partial charge < -0.3 is 10.2 Å². The Labute approximate surface area is 103 Å². The average molecular weight is 274 g/mol. The summed E-state index contributed by atoms with van der Waals surface area (Å²) in [7, 11) is -4.02. The molecule has 1 aromatic carbocycles. The van der Waals surface area contributed by atoms with Crippen LogP contribution in [-0.2, 0) is 10.0 Å². The van der Waals surface area contributed by atoms with Gasteiger partial charge in [0.05, 0.1) is 29.7 Å². The van der Waals surface area contributed by atoms with Gasteiger partial charge in [-0.05, 0) is 18.2 Å². The molecule has 0 bridgehead atoms. The zero-order valence-electron chi connectivity index (χ0n) is 9.17. The molecule has 0 aliphatic rings. The molecule has 1 rings (SSSR count). The van der Waals surface area contributed by atoms with Crippen molar-refractivity contribution in [2.24, 2.45) is 0 Å². The molecule has 6 nitrogen and oxygen atoms in total. The van der Waals surface area contributed by atoms with Crippen molar-refractivity contribution in [2.45, 2.75) is 10.9 Å². The molecule has 0 fully saturated rings. The molecule has 8 heteroatoms. The minimum absolute atomic E-state index is 0.313. The van der Waals surface area contributed by atoms with Gasteiger partial charge in [-0.15, -0.1) is 0 Å². The van der Waals surface area contributed by atoms with Crippen LogP contribution in [0.1, 0.15) is 5.56 Å². The topological polar surface area (TPSA) is 110 Å². The third kappa shape index (κ3) is 3.24. The molecule has 1 aromatic rings. The lowest BCUT2D eigenvalue weighted by molar-refractivity contribution is 0.185. The minimum atomic E-state index is -4.02. The lowest BCUT2D eigenvalue weighted by Gasteiger charge is -2.13. The van der Waals surface area contributed by atoms with E-state index in [1.54, 1.807) is 0 Å². The third-order valence-corrected chi connectivity index (χ3v) is 3.65. The van der Waals surface area contributed by atoms with E-state index < -0.39 is 40.7 Å². The molecule has 0 saturated heterocycles. The van der Waals surface area contributed by atoms with Gasteiger partial charge in [0.1, 0.15) is 11.9 Å². The van der Waals surface area contributed by atoms with E-state index in [9.17, 15) is 12.8 Å². The number of aliphatic hydroxyl groups is 2. The zero-order valence-corrected chi connectivity index (χ0v) is 9.98. The maximum Gasteiger partial charge on any atom is 0.241 e. The highest BCUT2D eigenvalue weighted by molar-refractivity contribution is 7.89. The van der Waals surface area contributed by atoms with E-state index >= 15 is 0 Å². The Balaban J connectivity index is 3.10. The molecule has 0 radical (unpaired) electrons. The van der Waals surface area contributed by atoms with Crippen molar-refractivity contribution in [3.05, 3.63) is 29.6 Å². The van der Waals surface area contributed by atoms with Crippen molar-refractivity contribution in [3.63, 3.8) is 0 Å². The number of nitrogens with zero attached hydrogens (tertiary/aromatic N) is 1. The molecule has 0 aliphatic heterocycles. The second-order valence-electron chi connectivity index (χ2n) is 3.44. The highest BCUT2D eigenvalue weighted by Crippen LogP contribution is 2.14. The summed E-state index contributed by atoms with van der Waals surface area (Å²) in [6, 6.07) is 3.20. The standard InChI is InChI=1S/C10H11FN2O4S/c11-10-2-1-9(3-7(10)4-12)18(16,17)13-8(5-14)6-15/h1-3,8,13-15H,5-6H2. The molecular formula is C10H11FN2O4S. The monoisotopic (exact) mass is 274 g/mol. The summed E-state index contributed by atoms with van der Waals surface area (Å²) < 4.78 is 38.6. The second kappa shape index (κ2) is 5.88. The van der Waals surface area contributed by atoms with Gasteiger partial charge in [-0.3, -0.25) is 0 Å². The van der Waals surface area contributed by atoms with E-state index in [4.69, 9.17) is 15.5 Å². The normalized spacial score (nSPS) is 11.5. The molecular weight excluding hydrogens is 263 g/mol. The van der Waals surface area contributed by atoms with Gasteiger partial charge in [0.2, 0.25) is 10.0 Å². The number of nitrogens with one attached hydrogen (secondary N) is 1. The SMILES string of the molecule is N#Cc1cc(S(=O)(=O)NC(CO)CO)ccc1F. The van der Waals surface area contributed by atoms with Gasteiger partial charge in [-0.25, -0.2) is 17.5 Å². The number of aliphatic hydroxyl groups excluding tert-OH is 2. The highest BCUT2D eigenvalue weighted by atomic mass is 32.2. The smallest absolute Gasteiger partial charge is 0.241 e. The summed E-state index contributed by atoms with van der Waals surface area (Å²) in [6.07, 6.45) is 0. The molecule has 0 heterocycles. The van der Waals surface area contributed by atoms with Gasteiger partial charge >= 0.3 is 0 Å². The van der Waals surface area contributed by atoms with Crippen LogP contribution in [0.25, 0.3) is 0 Å². The Hall–Kier alpha value is -1.53. The molecule has 0 unspecified atom stereocenters. The van der Waals surface area contributed by atoms with E-state index in [-0.39, 0.29) is 4.90 Å². The van der Waals surface area contributed by atoms with Crippen molar-refractivity contribution in [2.75, 3.05) is 13.2 Å². The van der Waals surface area contributed by atoms with E-state index in [1.807, 2.05) is 4.72 Å². The summed E-state index contributed by atoms with van der Waals surface area (Å²) in [5.41, 5.74) is -0.401. The van der Waals surface area contributed by atoms with E-state index in [1.165, 1.54) is 6.07 Å². The Bertz CT molecular complexity index is 564. The maximum atomic E-state index is 13.0. The van der Waals surface area contributed by atoms with Gasteiger partial charge in [0, 0.05) is 0 Å². The van der Waals surface area contributed by atoms with Crippen LogP contribution in [-0.4, -0.2) is 37.9 Å². The van der Waals surface area contributed by atoms with Gasteiger partial charge in [-0.1, -0.05) is 0 Å². The fourth-order valence-corrected chi connectivity index (χ4v) is 2.42. The van der Waals surface area contributed by atoms with Gasteiger partial charge in [-0.2, -0.15) is 5.26 Å². The zero-order chi connectivity index (χ0) is 13.8. The molecule has 0 aromatic heterocycles. The molecule has 0 aliphatic carbocycles. The number of rotatable bonds is 5. The number of hydrogen-bond donors (Lipinski definition) is 3. The third-order valence-electron chi connectivity index (χ3n) is 2.13. The first-order valence-electron chi connectivity index (χ1n) is 4.88. The molecule has 0 amide bonds. The predicted molar refractivity (Wildman–Crippen MR) is 59.4 cm³/mol. The van der Waals surface area contributed by atoms with E-state index in [2.05, 4.69) is 0 Å². The van der Waals surface area contributed by atoms with E-state index in [0.717, 1.165) is 18.2 Å². The summed E-state index contributed by atoms with van der Waals surface area (Å²) >= 11 is 0. The molecule has 3 N–H and O–H groups in total. The van der Waals surface area contributed by atoms with Crippen LogP contribution < -0.4 is 4.72 Å². The Morgan fingerprint density at radius 1 is 1.39 bits per heavy atom. The molecule has 0 spiro atoms. The summed E-state index contributed by atoms with van der Waals surface area (Å²) in [6.45, 7) is -1.16. The lowest BCUT2D eigenvalue weighted by Crippen LogP contribution is -2.40. The van der Waals surface area contributed by atoms with Crippen molar-refractivity contribution < 1.29 is 23.0 Å². The van der Waals surface area contributed by atoms with Crippen molar-refractivity contribution in [3.8, 4) is 6.07 Å². The molecule has 0 atom stereocenters. The largest absolute Gasteiger partial charge is 0.395 e. The average Bonchev–Trinajstić information content (AvgIpc) is 2.36. The van der Waals surface area contributed by atoms with Crippen molar-refractivity contribution >= 4 is 10.0 Å². The van der Waals surface area contributed by atoms with Crippen molar-refractivity contribution in [1.29, 1.82) is 5.26 Å². The predicted octanol–water partition coefficient (Wildman–Crippen LogP) is -0.671. The van der Waals surface area contributed by atoms with Crippen LogP contribution in [0.4, 0.5) is 4.39 Å². The summed E-state index contributed by atoms with van der Waals surface area (Å²) in [5, 5.41) is 26.2. The number of nitriles is 1.